The smallest absolute Gasteiger partial charge is 0.350 e. The molecule has 4 nitrogen and oxygen atoms in total. The highest BCUT2D eigenvalue weighted by molar-refractivity contribution is 14.1. The lowest BCUT2D eigenvalue weighted by Crippen LogP contribution is -2.05. The van der Waals surface area contributed by atoms with Gasteiger partial charge in [-0.15, -0.1) is 0 Å². The maximum Gasteiger partial charge on any atom is 0.350 e. The molecule has 0 heterocycles. The van der Waals surface area contributed by atoms with Crippen LogP contribution >= 0.6 is 22.6 Å². The third kappa shape index (κ3) is 3.55. The number of ether oxygens (including phenoxy) is 1. The molecule has 0 aliphatic heterocycles. The number of carbonyl (C=O) groups excluding carboxylic acids is 1. The van der Waals surface area contributed by atoms with Gasteiger partial charge in [0.1, 0.15) is 6.07 Å². The number of nitriles is 1. The van der Waals surface area contributed by atoms with E-state index >= 15 is 0 Å². The summed E-state index contributed by atoms with van der Waals surface area (Å²) in [4.78, 5) is 11.1. The van der Waals surface area contributed by atoms with Crippen molar-refractivity contribution in [3.8, 4) is 6.07 Å². The molecule has 0 aliphatic carbocycles. The second-order valence-electron chi connectivity index (χ2n) is 2.81. The van der Waals surface area contributed by atoms with E-state index in [4.69, 9.17) is 5.26 Å². The minimum Gasteiger partial charge on any atom is -0.465 e. The largest absolute Gasteiger partial charge is 0.465 e. The highest BCUT2D eigenvalue weighted by atomic mass is 127. The van der Waals surface area contributed by atoms with E-state index in [0.29, 0.717) is 0 Å². The number of esters is 1. The van der Waals surface area contributed by atoms with Gasteiger partial charge in [0.25, 0.3) is 0 Å². The number of benzene rings is 1. The normalized spacial score (nSPS) is 10.4. The molecule has 1 rings (SSSR count). The minimum atomic E-state index is -0.652. The fourth-order valence-electron chi connectivity index (χ4n) is 0.948. The Balaban J connectivity index is 2.75. The predicted molar refractivity (Wildman–Crippen MR) is 68.5 cm³/mol. The van der Waals surface area contributed by atoms with E-state index in [-0.39, 0.29) is 5.57 Å². The van der Waals surface area contributed by atoms with E-state index in [1.165, 1.54) is 13.3 Å². The van der Waals surface area contributed by atoms with Crippen LogP contribution < -0.4 is 5.32 Å². The van der Waals surface area contributed by atoms with Crippen molar-refractivity contribution < 1.29 is 9.53 Å². The van der Waals surface area contributed by atoms with E-state index < -0.39 is 5.97 Å². The van der Waals surface area contributed by atoms with E-state index in [1.807, 2.05) is 24.3 Å². The first kappa shape index (κ1) is 12.5. The molecule has 1 aromatic rings. The van der Waals surface area contributed by atoms with Crippen molar-refractivity contribution in [3.63, 3.8) is 0 Å². The first-order valence-corrected chi connectivity index (χ1v) is 5.46. The van der Waals surface area contributed by atoms with E-state index in [2.05, 4.69) is 32.6 Å². The zero-order valence-electron chi connectivity index (χ0n) is 8.53. The molecule has 1 N–H and O–H groups in total. The van der Waals surface area contributed by atoms with E-state index in [0.717, 1.165) is 9.26 Å². The summed E-state index contributed by atoms with van der Waals surface area (Å²) in [7, 11) is 1.23. The molecule has 0 saturated carbocycles. The summed E-state index contributed by atoms with van der Waals surface area (Å²) in [6.45, 7) is 0. The number of rotatable bonds is 3. The third-order valence-corrected chi connectivity index (χ3v) is 2.47. The lowest BCUT2D eigenvalue weighted by Gasteiger charge is -2.01. The highest BCUT2D eigenvalue weighted by Crippen LogP contribution is 2.11. The van der Waals surface area contributed by atoms with Crippen molar-refractivity contribution in [1.29, 1.82) is 5.26 Å². The van der Waals surface area contributed by atoms with Crippen LogP contribution in [0.5, 0.6) is 0 Å². The van der Waals surface area contributed by atoms with Gasteiger partial charge >= 0.3 is 5.97 Å². The topological polar surface area (TPSA) is 62.1 Å². The van der Waals surface area contributed by atoms with Crippen LogP contribution in [0.2, 0.25) is 0 Å². The average Bonchev–Trinajstić information content (AvgIpc) is 2.31. The Hall–Kier alpha value is -1.55. The fourth-order valence-corrected chi connectivity index (χ4v) is 1.31. The van der Waals surface area contributed by atoms with Crippen molar-refractivity contribution in [3.05, 3.63) is 39.6 Å². The molecule has 0 bridgehead atoms. The van der Waals surface area contributed by atoms with Gasteiger partial charge in [0.2, 0.25) is 0 Å². The van der Waals surface area contributed by atoms with Gasteiger partial charge in [0.15, 0.2) is 5.57 Å². The Morgan fingerprint density at radius 3 is 2.62 bits per heavy atom. The molecule has 0 aromatic heterocycles. The Morgan fingerprint density at radius 2 is 2.12 bits per heavy atom. The molecule has 0 aliphatic rings. The molecule has 0 spiro atoms. The van der Waals surface area contributed by atoms with Gasteiger partial charge in [0, 0.05) is 15.5 Å². The highest BCUT2D eigenvalue weighted by Gasteiger charge is 2.07. The van der Waals surface area contributed by atoms with Gasteiger partial charge in [0.05, 0.1) is 7.11 Å². The SMILES string of the molecule is COC(=O)/C(C#N)=C/Nc1ccc(I)cc1. The summed E-state index contributed by atoms with van der Waals surface area (Å²) in [5.41, 5.74) is 0.734. The maximum absolute atomic E-state index is 11.1. The van der Waals surface area contributed by atoms with Gasteiger partial charge in [-0.1, -0.05) is 0 Å². The molecule has 1 aromatic carbocycles. The molecule has 0 atom stereocenters. The van der Waals surface area contributed by atoms with Gasteiger partial charge in [-0.05, 0) is 46.9 Å². The van der Waals surface area contributed by atoms with Crippen molar-refractivity contribution in [1.82, 2.24) is 0 Å². The van der Waals surface area contributed by atoms with Gasteiger partial charge in [-0.2, -0.15) is 5.26 Å². The van der Waals surface area contributed by atoms with Crippen LogP contribution in [-0.4, -0.2) is 13.1 Å². The first-order chi connectivity index (χ1) is 7.67. The number of hydrogen-bond donors (Lipinski definition) is 1. The molecule has 16 heavy (non-hydrogen) atoms. The van der Waals surface area contributed by atoms with Crippen LogP contribution in [0, 0.1) is 14.9 Å². The minimum absolute atomic E-state index is 0.0685. The number of nitrogens with one attached hydrogen (secondary N) is 1. The number of anilines is 1. The molecule has 0 unspecified atom stereocenters. The number of nitrogens with zero attached hydrogens (tertiary/aromatic N) is 1. The number of hydrogen-bond acceptors (Lipinski definition) is 4. The van der Waals surface area contributed by atoms with Crippen LogP contribution in [-0.2, 0) is 9.53 Å². The molecule has 0 amide bonds. The standard InChI is InChI=1S/C11H9IN2O2/c1-16-11(15)8(6-13)7-14-10-4-2-9(12)3-5-10/h2-5,7,14H,1H3/b8-7+. The van der Waals surface area contributed by atoms with Gasteiger partial charge < -0.3 is 10.1 Å². The summed E-state index contributed by atoms with van der Waals surface area (Å²) < 4.78 is 5.55. The molecule has 82 valence electrons. The lowest BCUT2D eigenvalue weighted by atomic mass is 10.3. The van der Waals surface area contributed by atoms with Gasteiger partial charge in [-0.25, -0.2) is 4.79 Å². The summed E-state index contributed by atoms with van der Waals surface area (Å²) in [6, 6.07) is 9.30. The molecular formula is C11H9IN2O2. The van der Waals surface area contributed by atoms with Crippen molar-refractivity contribution >= 4 is 34.2 Å². The van der Waals surface area contributed by atoms with E-state index in [1.54, 1.807) is 6.07 Å². The van der Waals surface area contributed by atoms with Gasteiger partial charge in [-0.3, -0.25) is 0 Å². The lowest BCUT2D eigenvalue weighted by molar-refractivity contribution is -0.135. The van der Waals surface area contributed by atoms with Crippen LogP contribution in [0.3, 0.4) is 0 Å². The summed E-state index contributed by atoms with van der Waals surface area (Å²) in [5, 5.41) is 11.5. The molecule has 5 heteroatoms. The third-order valence-electron chi connectivity index (χ3n) is 1.75. The molecule has 0 saturated heterocycles. The zero-order valence-corrected chi connectivity index (χ0v) is 10.7. The Kier molecular flexibility index (Phi) is 4.79. The van der Waals surface area contributed by atoms with Crippen LogP contribution in [0.15, 0.2) is 36.0 Å². The first-order valence-electron chi connectivity index (χ1n) is 4.38. The summed E-state index contributed by atoms with van der Waals surface area (Å²) in [6.07, 6.45) is 1.33. The van der Waals surface area contributed by atoms with Crippen molar-refractivity contribution in [2.24, 2.45) is 0 Å². The predicted octanol–water partition coefficient (Wildman–Crippen LogP) is 2.28. The summed E-state index contributed by atoms with van der Waals surface area (Å²) >= 11 is 2.19. The zero-order chi connectivity index (χ0) is 12.0. The molecule has 0 radical (unpaired) electrons. The second-order valence-corrected chi connectivity index (χ2v) is 4.06. The number of halogens is 1. The quantitative estimate of drug-likeness (QED) is 0.400. The number of carbonyl (C=O) groups is 1. The van der Waals surface area contributed by atoms with Crippen LogP contribution in [0.4, 0.5) is 5.69 Å². The van der Waals surface area contributed by atoms with Crippen LogP contribution in [0.1, 0.15) is 0 Å². The molecule has 0 fully saturated rings. The maximum atomic E-state index is 11.1. The Bertz CT molecular complexity index is 446. The monoisotopic (exact) mass is 328 g/mol. The van der Waals surface area contributed by atoms with Crippen LogP contribution in [0.25, 0.3) is 0 Å². The second kappa shape index (κ2) is 6.12. The Morgan fingerprint density at radius 1 is 1.50 bits per heavy atom. The fraction of sp³-hybridized carbons (Fsp3) is 0.0909. The number of methoxy groups -OCH3 is 1. The van der Waals surface area contributed by atoms with E-state index in [9.17, 15) is 4.79 Å². The summed E-state index contributed by atoms with van der Waals surface area (Å²) in [5.74, 6) is -0.652. The Labute approximate surface area is 107 Å². The molecular weight excluding hydrogens is 319 g/mol. The van der Waals surface area contributed by atoms with Crippen molar-refractivity contribution in [2.75, 3.05) is 12.4 Å². The van der Waals surface area contributed by atoms with Crippen molar-refractivity contribution in [2.45, 2.75) is 0 Å². The average molecular weight is 328 g/mol.